The molecule has 0 radical (unpaired) electrons. The van der Waals surface area contributed by atoms with Gasteiger partial charge in [-0.3, -0.25) is 0 Å². The third kappa shape index (κ3) is 1.95. The monoisotopic (exact) mass is 132 g/mol. The molecule has 0 aromatic heterocycles. The minimum Gasteiger partial charge on any atom is -0.345 e. The lowest BCUT2D eigenvalue weighted by Crippen LogP contribution is -2.50. The fourth-order valence-electron chi connectivity index (χ4n) is 0.752. The van der Waals surface area contributed by atoms with E-state index in [0.717, 1.165) is 17.6 Å². The van der Waals surface area contributed by atoms with Gasteiger partial charge in [-0.1, -0.05) is 0 Å². The second-order valence-corrected chi connectivity index (χ2v) is 2.74. The molecule has 0 heterocycles. The first-order chi connectivity index (χ1) is 4.06. The first-order valence-electron chi connectivity index (χ1n) is 3.59. The maximum Gasteiger partial charge on any atom is 0.187 e. The second-order valence-electron chi connectivity index (χ2n) is 2.74. The fourth-order valence-corrected chi connectivity index (χ4v) is 0.752. The number of aliphatic hydroxyl groups excluding tert-OH is 1. The summed E-state index contributed by atoms with van der Waals surface area (Å²) in [6, 6.07) is 0. The minimum atomic E-state index is -0.236. The Balaban J connectivity index is 3.92. The van der Waals surface area contributed by atoms with Crippen molar-refractivity contribution in [2.45, 2.75) is 27.0 Å². The van der Waals surface area contributed by atoms with Gasteiger partial charge in [0, 0.05) is 6.92 Å². The van der Waals surface area contributed by atoms with Crippen molar-refractivity contribution in [3.63, 3.8) is 0 Å². The van der Waals surface area contributed by atoms with E-state index in [4.69, 9.17) is 0 Å². The molecule has 0 rings (SSSR count). The Kier molecular flexibility index (Phi) is 3.15. The lowest BCUT2D eigenvalue weighted by atomic mass is 10.4. The van der Waals surface area contributed by atoms with Crippen LogP contribution < -0.4 is 0 Å². The third-order valence-electron chi connectivity index (χ3n) is 2.35. The molecule has 0 saturated carbocycles. The molecule has 1 N–H and O–H groups in total. The van der Waals surface area contributed by atoms with Gasteiger partial charge in [0.25, 0.3) is 0 Å². The number of quaternary nitrogens is 1. The fraction of sp³-hybridized carbons (Fsp3) is 1.00. The summed E-state index contributed by atoms with van der Waals surface area (Å²) in [6.07, 6.45) is -0.236. The molecule has 56 valence electrons. The summed E-state index contributed by atoms with van der Waals surface area (Å²) in [5.74, 6) is 0. The molecule has 2 nitrogen and oxygen atoms in total. The van der Waals surface area contributed by atoms with Crippen molar-refractivity contribution in [1.29, 1.82) is 0 Å². The predicted octanol–water partition coefficient (Wildman–Crippen LogP) is 0.811. The molecular formula is C7H18NO+. The summed E-state index contributed by atoms with van der Waals surface area (Å²) in [6.45, 7) is 8.02. The van der Waals surface area contributed by atoms with E-state index >= 15 is 0 Å². The van der Waals surface area contributed by atoms with E-state index in [9.17, 15) is 5.11 Å². The zero-order chi connectivity index (χ0) is 7.49. The van der Waals surface area contributed by atoms with Gasteiger partial charge < -0.3 is 9.59 Å². The Hall–Kier alpha value is -0.0800. The molecule has 0 aromatic carbocycles. The van der Waals surface area contributed by atoms with Crippen LogP contribution in [0.5, 0.6) is 0 Å². The molecule has 0 aliphatic heterocycles. The van der Waals surface area contributed by atoms with Crippen LogP contribution in [0.15, 0.2) is 0 Å². The van der Waals surface area contributed by atoms with Crippen molar-refractivity contribution < 1.29 is 9.59 Å². The maximum absolute atomic E-state index is 9.24. The normalized spacial score (nSPS) is 15.7. The smallest absolute Gasteiger partial charge is 0.187 e. The van der Waals surface area contributed by atoms with Crippen molar-refractivity contribution in [2.24, 2.45) is 0 Å². The van der Waals surface area contributed by atoms with Gasteiger partial charge in [-0.15, -0.1) is 0 Å². The van der Waals surface area contributed by atoms with Gasteiger partial charge in [-0.25, -0.2) is 0 Å². The molecule has 1 atom stereocenters. The Morgan fingerprint density at radius 3 is 1.67 bits per heavy atom. The lowest BCUT2D eigenvalue weighted by molar-refractivity contribution is -0.949. The van der Waals surface area contributed by atoms with Crippen molar-refractivity contribution in [1.82, 2.24) is 0 Å². The van der Waals surface area contributed by atoms with Crippen LogP contribution in [0.2, 0.25) is 0 Å². The van der Waals surface area contributed by atoms with Gasteiger partial charge in [-0.2, -0.15) is 0 Å². The van der Waals surface area contributed by atoms with Crippen molar-refractivity contribution in [2.75, 3.05) is 20.1 Å². The van der Waals surface area contributed by atoms with Gasteiger partial charge in [-0.05, 0) is 13.8 Å². The zero-order valence-electron chi connectivity index (χ0n) is 6.89. The van der Waals surface area contributed by atoms with E-state index in [1.807, 2.05) is 6.92 Å². The van der Waals surface area contributed by atoms with Crippen LogP contribution in [-0.4, -0.2) is 36.0 Å². The van der Waals surface area contributed by atoms with Gasteiger partial charge in [0.05, 0.1) is 20.1 Å². The standard InChI is InChI=1S/C7H18NO/c1-5-8(4,6-2)7(3)9/h7,9H,5-6H2,1-4H3/q+1. The molecular weight excluding hydrogens is 114 g/mol. The van der Waals surface area contributed by atoms with Crippen molar-refractivity contribution >= 4 is 0 Å². The number of nitrogens with zero attached hydrogens (tertiary/aromatic N) is 1. The quantitative estimate of drug-likeness (QED) is 0.445. The minimum absolute atomic E-state index is 0.236. The molecule has 0 aliphatic rings. The Morgan fingerprint density at radius 2 is 1.67 bits per heavy atom. The molecule has 9 heavy (non-hydrogen) atoms. The van der Waals surface area contributed by atoms with Crippen LogP contribution in [0.1, 0.15) is 20.8 Å². The van der Waals surface area contributed by atoms with Crippen molar-refractivity contribution in [3.05, 3.63) is 0 Å². The lowest BCUT2D eigenvalue weighted by Gasteiger charge is -2.34. The van der Waals surface area contributed by atoms with E-state index < -0.39 is 0 Å². The summed E-state index contributed by atoms with van der Waals surface area (Å²) in [5.41, 5.74) is 0. The molecule has 1 unspecified atom stereocenters. The van der Waals surface area contributed by atoms with E-state index in [1.54, 1.807) is 0 Å². The number of hydrogen-bond donors (Lipinski definition) is 1. The highest BCUT2D eigenvalue weighted by atomic mass is 16.3. The Labute approximate surface area is 57.7 Å². The summed E-state index contributed by atoms with van der Waals surface area (Å²) in [5, 5.41) is 9.24. The number of hydrogen-bond acceptors (Lipinski definition) is 1. The van der Waals surface area contributed by atoms with Gasteiger partial charge >= 0.3 is 0 Å². The van der Waals surface area contributed by atoms with Crippen LogP contribution in [0, 0.1) is 0 Å². The highest BCUT2D eigenvalue weighted by molar-refractivity contribution is 4.31. The second kappa shape index (κ2) is 3.18. The molecule has 0 spiro atoms. The summed E-state index contributed by atoms with van der Waals surface area (Å²) in [7, 11) is 2.06. The van der Waals surface area contributed by atoms with Gasteiger partial charge in [0.2, 0.25) is 0 Å². The van der Waals surface area contributed by atoms with Crippen LogP contribution in [0.3, 0.4) is 0 Å². The van der Waals surface area contributed by atoms with Crippen molar-refractivity contribution in [3.8, 4) is 0 Å². The zero-order valence-corrected chi connectivity index (χ0v) is 6.89. The van der Waals surface area contributed by atoms with E-state index in [2.05, 4.69) is 20.9 Å². The Morgan fingerprint density at radius 1 is 1.33 bits per heavy atom. The first-order valence-corrected chi connectivity index (χ1v) is 3.59. The van der Waals surface area contributed by atoms with Crippen LogP contribution in [0.25, 0.3) is 0 Å². The van der Waals surface area contributed by atoms with E-state index in [-0.39, 0.29) is 6.23 Å². The molecule has 0 saturated heterocycles. The van der Waals surface area contributed by atoms with Crippen LogP contribution >= 0.6 is 0 Å². The average molecular weight is 132 g/mol. The summed E-state index contributed by atoms with van der Waals surface area (Å²) >= 11 is 0. The molecule has 0 aliphatic carbocycles. The largest absolute Gasteiger partial charge is 0.345 e. The number of rotatable bonds is 3. The highest BCUT2D eigenvalue weighted by Crippen LogP contribution is 2.05. The van der Waals surface area contributed by atoms with Gasteiger partial charge in [0.15, 0.2) is 6.23 Å². The third-order valence-corrected chi connectivity index (χ3v) is 2.35. The average Bonchev–Trinajstić information content (AvgIpc) is 1.86. The highest BCUT2D eigenvalue weighted by Gasteiger charge is 2.21. The maximum atomic E-state index is 9.24. The molecule has 2 heteroatoms. The molecule has 0 fully saturated rings. The molecule has 0 amide bonds. The predicted molar refractivity (Wildman–Crippen MR) is 38.9 cm³/mol. The first kappa shape index (κ1) is 8.92. The Bertz CT molecular complexity index is 77.0. The van der Waals surface area contributed by atoms with Crippen LogP contribution in [-0.2, 0) is 0 Å². The van der Waals surface area contributed by atoms with E-state index in [1.165, 1.54) is 0 Å². The van der Waals surface area contributed by atoms with E-state index in [0.29, 0.717) is 0 Å². The van der Waals surface area contributed by atoms with Gasteiger partial charge in [0.1, 0.15) is 0 Å². The topological polar surface area (TPSA) is 20.2 Å². The summed E-state index contributed by atoms with van der Waals surface area (Å²) < 4.78 is 0.750. The summed E-state index contributed by atoms with van der Waals surface area (Å²) in [4.78, 5) is 0. The molecule has 0 bridgehead atoms. The molecule has 0 aromatic rings. The SMILES string of the molecule is CC[N+](C)(CC)C(C)O. The number of aliphatic hydroxyl groups is 1. The van der Waals surface area contributed by atoms with Crippen LogP contribution in [0.4, 0.5) is 0 Å².